The molecule has 0 aromatic carbocycles. The number of amides is 1. The number of hydrogen-bond donors (Lipinski definition) is 2. The van der Waals surface area contributed by atoms with E-state index in [2.05, 4.69) is 30.2 Å². The Kier molecular flexibility index (Phi) is 2.84. The number of nitrogens with zero attached hydrogens (tertiary/aromatic N) is 5. The summed E-state index contributed by atoms with van der Waals surface area (Å²) in [6, 6.07) is 3.44. The van der Waals surface area contributed by atoms with Gasteiger partial charge in [0.1, 0.15) is 12.1 Å². The normalized spacial score (nSPS) is 10.4. The van der Waals surface area contributed by atoms with Crippen LogP contribution >= 0.6 is 0 Å². The van der Waals surface area contributed by atoms with Crippen molar-refractivity contribution in [2.75, 3.05) is 11.1 Å². The zero-order valence-electron chi connectivity index (χ0n) is 10.1. The monoisotopic (exact) mass is 271 g/mol. The summed E-state index contributed by atoms with van der Waals surface area (Å²) < 4.78 is 6.10. The van der Waals surface area contributed by atoms with Crippen molar-refractivity contribution in [1.29, 1.82) is 0 Å². The van der Waals surface area contributed by atoms with E-state index in [0.717, 1.165) is 0 Å². The molecule has 0 aliphatic carbocycles. The molecule has 0 saturated heterocycles. The number of rotatable bonds is 3. The second-order valence-electron chi connectivity index (χ2n) is 3.83. The predicted octanol–water partition coefficient (Wildman–Crippen LogP) is 0.485. The van der Waals surface area contributed by atoms with Gasteiger partial charge in [-0.1, -0.05) is 0 Å². The van der Waals surface area contributed by atoms with Gasteiger partial charge in [0.15, 0.2) is 0 Å². The van der Waals surface area contributed by atoms with Crippen molar-refractivity contribution in [1.82, 2.24) is 24.8 Å². The standard InChI is InChI=1S/C11H9N7O2/c12-10-9(16-20-17-10)11(19)15-7-1-2-8(14-5-7)18-4-3-13-6-18/h1-6H,(H2,12,17)(H,15,19). The first-order chi connectivity index (χ1) is 9.74. The highest BCUT2D eigenvalue weighted by Gasteiger charge is 2.16. The van der Waals surface area contributed by atoms with E-state index in [4.69, 9.17) is 5.73 Å². The zero-order valence-corrected chi connectivity index (χ0v) is 10.1. The average molecular weight is 271 g/mol. The van der Waals surface area contributed by atoms with Gasteiger partial charge in [0.2, 0.25) is 11.5 Å². The molecule has 0 aliphatic heterocycles. The van der Waals surface area contributed by atoms with Gasteiger partial charge in [-0.05, 0) is 22.4 Å². The highest BCUT2D eigenvalue weighted by Crippen LogP contribution is 2.12. The Morgan fingerprint density at radius 3 is 2.85 bits per heavy atom. The summed E-state index contributed by atoms with van der Waals surface area (Å²) in [5.74, 6) is 0.106. The van der Waals surface area contributed by atoms with Gasteiger partial charge in [-0.3, -0.25) is 9.36 Å². The quantitative estimate of drug-likeness (QED) is 0.709. The highest BCUT2D eigenvalue weighted by atomic mass is 16.6. The Bertz CT molecular complexity index is 718. The smallest absolute Gasteiger partial charge is 0.281 e. The third-order valence-corrected chi connectivity index (χ3v) is 2.50. The summed E-state index contributed by atoms with van der Waals surface area (Å²) in [6.45, 7) is 0. The van der Waals surface area contributed by atoms with Crippen molar-refractivity contribution in [3.8, 4) is 5.82 Å². The molecule has 9 nitrogen and oxygen atoms in total. The Morgan fingerprint density at radius 1 is 1.35 bits per heavy atom. The fourth-order valence-corrected chi connectivity index (χ4v) is 1.55. The fourth-order valence-electron chi connectivity index (χ4n) is 1.55. The lowest BCUT2D eigenvalue weighted by atomic mass is 10.3. The minimum absolute atomic E-state index is 0.0644. The average Bonchev–Trinajstić information content (AvgIpc) is 3.10. The van der Waals surface area contributed by atoms with Crippen LogP contribution in [-0.2, 0) is 0 Å². The third kappa shape index (κ3) is 2.19. The number of aromatic nitrogens is 5. The Labute approximate surface area is 112 Å². The summed E-state index contributed by atoms with van der Waals surface area (Å²) in [4.78, 5) is 19.9. The second kappa shape index (κ2) is 4.80. The van der Waals surface area contributed by atoms with Crippen molar-refractivity contribution < 1.29 is 9.42 Å². The van der Waals surface area contributed by atoms with E-state index in [0.29, 0.717) is 11.5 Å². The predicted molar refractivity (Wildman–Crippen MR) is 68.0 cm³/mol. The number of hydrogen-bond acceptors (Lipinski definition) is 7. The topological polar surface area (TPSA) is 125 Å². The summed E-state index contributed by atoms with van der Waals surface area (Å²) in [6.07, 6.45) is 6.55. The first-order valence-corrected chi connectivity index (χ1v) is 5.58. The van der Waals surface area contributed by atoms with E-state index in [-0.39, 0.29) is 11.5 Å². The number of nitrogen functional groups attached to an aromatic ring is 1. The van der Waals surface area contributed by atoms with E-state index >= 15 is 0 Å². The molecule has 0 atom stereocenters. The molecule has 100 valence electrons. The molecule has 1 amide bonds. The zero-order chi connectivity index (χ0) is 13.9. The number of anilines is 2. The molecule has 0 radical (unpaired) electrons. The number of nitrogens with one attached hydrogen (secondary N) is 1. The van der Waals surface area contributed by atoms with Crippen LogP contribution in [0.15, 0.2) is 41.7 Å². The van der Waals surface area contributed by atoms with E-state index in [1.165, 1.54) is 6.20 Å². The number of imidazole rings is 1. The molecule has 20 heavy (non-hydrogen) atoms. The van der Waals surface area contributed by atoms with Gasteiger partial charge in [-0.2, -0.15) is 0 Å². The molecular formula is C11H9N7O2. The molecular weight excluding hydrogens is 262 g/mol. The minimum Gasteiger partial charge on any atom is -0.379 e. The molecule has 0 spiro atoms. The van der Waals surface area contributed by atoms with Gasteiger partial charge in [0.05, 0.1) is 11.9 Å². The molecule has 0 fully saturated rings. The molecule has 0 unspecified atom stereocenters. The molecule has 9 heteroatoms. The Hall–Kier alpha value is -3.23. The van der Waals surface area contributed by atoms with E-state index in [9.17, 15) is 4.79 Å². The van der Waals surface area contributed by atoms with Crippen LogP contribution in [0.1, 0.15) is 10.5 Å². The van der Waals surface area contributed by atoms with Gasteiger partial charge in [0.25, 0.3) is 5.91 Å². The Morgan fingerprint density at radius 2 is 2.25 bits per heavy atom. The van der Waals surface area contributed by atoms with Gasteiger partial charge < -0.3 is 11.1 Å². The van der Waals surface area contributed by atoms with Crippen LogP contribution in [-0.4, -0.2) is 30.8 Å². The van der Waals surface area contributed by atoms with Crippen molar-refractivity contribution in [2.24, 2.45) is 0 Å². The van der Waals surface area contributed by atoms with Crippen molar-refractivity contribution in [2.45, 2.75) is 0 Å². The number of carbonyl (C=O) groups is 1. The van der Waals surface area contributed by atoms with Crippen LogP contribution in [0.3, 0.4) is 0 Å². The van der Waals surface area contributed by atoms with Crippen LogP contribution in [0.2, 0.25) is 0 Å². The Balaban J connectivity index is 1.76. The largest absolute Gasteiger partial charge is 0.379 e. The van der Waals surface area contributed by atoms with Crippen molar-refractivity contribution >= 4 is 17.4 Å². The minimum atomic E-state index is -0.513. The van der Waals surface area contributed by atoms with Gasteiger partial charge in [-0.25, -0.2) is 14.6 Å². The molecule has 3 aromatic heterocycles. The fraction of sp³-hybridized carbons (Fsp3) is 0. The van der Waals surface area contributed by atoms with E-state index < -0.39 is 5.91 Å². The first kappa shape index (κ1) is 11.8. The lowest BCUT2D eigenvalue weighted by Crippen LogP contribution is -2.14. The van der Waals surface area contributed by atoms with Crippen LogP contribution in [0.5, 0.6) is 0 Å². The molecule has 3 heterocycles. The maximum absolute atomic E-state index is 11.8. The molecule has 3 rings (SSSR count). The van der Waals surface area contributed by atoms with Crippen LogP contribution in [0, 0.1) is 0 Å². The summed E-state index contributed by atoms with van der Waals surface area (Å²) in [7, 11) is 0. The summed E-state index contributed by atoms with van der Waals surface area (Å²) in [5.41, 5.74) is 5.86. The summed E-state index contributed by atoms with van der Waals surface area (Å²) >= 11 is 0. The second-order valence-corrected chi connectivity index (χ2v) is 3.83. The van der Waals surface area contributed by atoms with Crippen molar-refractivity contribution in [3.05, 3.63) is 42.7 Å². The van der Waals surface area contributed by atoms with Crippen molar-refractivity contribution in [3.63, 3.8) is 0 Å². The van der Waals surface area contributed by atoms with E-state index in [1.54, 1.807) is 35.4 Å². The summed E-state index contributed by atoms with van der Waals surface area (Å²) in [5, 5.41) is 9.34. The SMILES string of the molecule is Nc1nonc1C(=O)Nc1ccc(-n2ccnc2)nc1. The lowest BCUT2D eigenvalue weighted by molar-refractivity contribution is 0.101. The lowest BCUT2D eigenvalue weighted by Gasteiger charge is -2.04. The molecule has 0 saturated carbocycles. The van der Waals surface area contributed by atoms with Gasteiger partial charge >= 0.3 is 0 Å². The maximum Gasteiger partial charge on any atom is 0.281 e. The third-order valence-electron chi connectivity index (χ3n) is 2.50. The molecule has 0 bridgehead atoms. The van der Waals surface area contributed by atoms with Crippen LogP contribution < -0.4 is 11.1 Å². The van der Waals surface area contributed by atoms with Crippen LogP contribution in [0.4, 0.5) is 11.5 Å². The van der Waals surface area contributed by atoms with Gasteiger partial charge in [-0.15, -0.1) is 0 Å². The van der Waals surface area contributed by atoms with E-state index in [1.807, 2.05) is 0 Å². The molecule has 0 aliphatic rings. The van der Waals surface area contributed by atoms with Crippen LogP contribution in [0.25, 0.3) is 5.82 Å². The number of carbonyl (C=O) groups excluding carboxylic acids is 1. The number of nitrogens with two attached hydrogens (primary N) is 1. The number of pyridine rings is 1. The molecule has 3 N–H and O–H groups in total. The van der Waals surface area contributed by atoms with Gasteiger partial charge in [0, 0.05) is 12.4 Å². The highest BCUT2D eigenvalue weighted by molar-refractivity contribution is 6.05. The first-order valence-electron chi connectivity index (χ1n) is 5.58. The maximum atomic E-state index is 11.8. The molecule has 3 aromatic rings.